The van der Waals surface area contributed by atoms with Crippen LogP contribution >= 0.6 is 0 Å². The lowest BCUT2D eigenvalue weighted by atomic mass is 9.75. The number of pyridine rings is 1. The average Bonchev–Trinajstić information content (AvgIpc) is 3.13. The molecule has 2 heterocycles. The summed E-state index contributed by atoms with van der Waals surface area (Å²) in [5, 5.41) is 18.1. The lowest BCUT2D eigenvalue weighted by molar-refractivity contribution is 0.0235. The summed E-state index contributed by atoms with van der Waals surface area (Å²) in [7, 11) is 0. The monoisotopic (exact) mass is 350 g/mol. The number of hydrogen-bond donors (Lipinski definition) is 2. The third-order valence-electron chi connectivity index (χ3n) is 5.10. The molecule has 1 saturated carbocycles. The summed E-state index contributed by atoms with van der Waals surface area (Å²) in [5.74, 6) is 0.0578. The van der Waals surface area contributed by atoms with E-state index in [2.05, 4.69) is 21.5 Å². The lowest BCUT2D eigenvalue weighted by Crippen LogP contribution is -2.41. The number of aliphatic hydroxyl groups excluding tert-OH is 1. The first-order valence-electron chi connectivity index (χ1n) is 9.00. The van der Waals surface area contributed by atoms with Gasteiger partial charge in [0.05, 0.1) is 29.4 Å². The van der Waals surface area contributed by atoms with Gasteiger partial charge in [0.25, 0.3) is 5.91 Å². The van der Waals surface area contributed by atoms with E-state index in [0.717, 1.165) is 23.0 Å². The van der Waals surface area contributed by atoms with Crippen LogP contribution < -0.4 is 5.32 Å². The molecule has 0 bridgehead atoms. The molecule has 26 heavy (non-hydrogen) atoms. The zero-order valence-corrected chi connectivity index (χ0v) is 14.7. The van der Waals surface area contributed by atoms with E-state index in [4.69, 9.17) is 0 Å². The minimum atomic E-state index is -0.282. The van der Waals surface area contributed by atoms with Crippen LogP contribution in [0.4, 0.5) is 0 Å². The molecule has 0 radical (unpaired) electrons. The number of benzene rings is 1. The molecule has 2 N–H and O–H groups in total. The molecule has 3 aromatic rings. The quantitative estimate of drug-likeness (QED) is 0.741. The van der Waals surface area contributed by atoms with E-state index in [1.165, 1.54) is 0 Å². The Kier molecular flexibility index (Phi) is 4.42. The number of nitrogens with one attached hydrogen (secondary N) is 1. The second-order valence-electron chi connectivity index (χ2n) is 6.88. The number of nitrogens with zero attached hydrogens (tertiary/aromatic N) is 3. The van der Waals surface area contributed by atoms with Crippen LogP contribution in [-0.4, -0.2) is 31.9 Å². The van der Waals surface area contributed by atoms with Gasteiger partial charge in [-0.1, -0.05) is 18.2 Å². The summed E-state index contributed by atoms with van der Waals surface area (Å²) in [6, 6.07) is 9.83. The molecule has 4 rings (SSSR count). The summed E-state index contributed by atoms with van der Waals surface area (Å²) >= 11 is 0. The summed E-state index contributed by atoms with van der Waals surface area (Å²) in [4.78, 5) is 17.2. The third-order valence-corrected chi connectivity index (χ3v) is 5.10. The van der Waals surface area contributed by atoms with Crippen molar-refractivity contribution in [3.63, 3.8) is 0 Å². The summed E-state index contributed by atoms with van der Waals surface area (Å²) in [5.41, 5.74) is 2.45. The Labute approximate surface area is 151 Å². The number of rotatable bonds is 5. The van der Waals surface area contributed by atoms with Gasteiger partial charge in [-0.15, -0.1) is 0 Å². The number of aryl methyl sites for hydroxylation is 1. The van der Waals surface area contributed by atoms with Crippen molar-refractivity contribution < 1.29 is 9.90 Å². The van der Waals surface area contributed by atoms with Gasteiger partial charge < -0.3 is 10.4 Å². The van der Waals surface area contributed by atoms with E-state index in [9.17, 15) is 9.90 Å². The predicted molar refractivity (Wildman–Crippen MR) is 98.6 cm³/mol. The first kappa shape index (κ1) is 16.7. The fourth-order valence-corrected chi connectivity index (χ4v) is 3.51. The van der Waals surface area contributed by atoms with Gasteiger partial charge in [-0.2, -0.15) is 5.10 Å². The normalized spacial score (nSPS) is 20.5. The van der Waals surface area contributed by atoms with Crippen molar-refractivity contribution >= 4 is 16.8 Å². The number of hydrogen-bond acceptors (Lipinski definition) is 4. The Morgan fingerprint density at radius 3 is 2.88 bits per heavy atom. The SMILES string of the molecule is CCn1cc(C(=O)N[C@H](c2cnc3ccccc3c2)C2CC(O)C2)cn1. The van der Waals surface area contributed by atoms with Crippen molar-refractivity contribution in [3.8, 4) is 0 Å². The fraction of sp³-hybridized carbons (Fsp3) is 0.350. The Morgan fingerprint density at radius 2 is 2.15 bits per heavy atom. The molecular weight excluding hydrogens is 328 g/mol. The Bertz CT molecular complexity index is 930. The molecule has 2 aromatic heterocycles. The summed E-state index contributed by atoms with van der Waals surface area (Å²) in [6.45, 7) is 2.70. The molecule has 6 heteroatoms. The highest BCUT2D eigenvalue weighted by molar-refractivity contribution is 5.94. The van der Waals surface area contributed by atoms with Gasteiger partial charge in [-0.3, -0.25) is 14.5 Å². The molecular formula is C20H22N4O2. The molecule has 1 aliphatic rings. The molecule has 1 aromatic carbocycles. The predicted octanol–water partition coefficient (Wildman–Crippen LogP) is 2.69. The molecule has 0 spiro atoms. The van der Waals surface area contributed by atoms with Crippen LogP contribution in [-0.2, 0) is 6.54 Å². The Morgan fingerprint density at radius 1 is 1.35 bits per heavy atom. The topological polar surface area (TPSA) is 80.0 Å². The van der Waals surface area contributed by atoms with Crippen molar-refractivity contribution in [2.45, 2.75) is 38.5 Å². The molecule has 0 unspecified atom stereocenters. The first-order chi connectivity index (χ1) is 12.6. The number of aromatic nitrogens is 3. The van der Waals surface area contributed by atoms with E-state index in [1.54, 1.807) is 17.1 Å². The molecule has 134 valence electrons. The molecule has 1 amide bonds. The van der Waals surface area contributed by atoms with Gasteiger partial charge in [-0.05, 0) is 43.4 Å². The average molecular weight is 350 g/mol. The van der Waals surface area contributed by atoms with Crippen LogP contribution in [0.25, 0.3) is 10.9 Å². The first-order valence-corrected chi connectivity index (χ1v) is 9.00. The van der Waals surface area contributed by atoms with Gasteiger partial charge in [0.1, 0.15) is 0 Å². The second-order valence-corrected chi connectivity index (χ2v) is 6.88. The van der Waals surface area contributed by atoms with Crippen molar-refractivity contribution in [2.24, 2.45) is 5.92 Å². The zero-order chi connectivity index (χ0) is 18.1. The maximum atomic E-state index is 12.7. The van der Waals surface area contributed by atoms with E-state index in [1.807, 2.05) is 37.4 Å². The number of amides is 1. The Balaban J connectivity index is 1.62. The molecule has 0 saturated heterocycles. The summed E-state index contributed by atoms with van der Waals surface area (Å²) in [6.07, 6.45) is 6.26. The van der Waals surface area contributed by atoms with Crippen molar-refractivity contribution in [1.29, 1.82) is 0 Å². The Hall–Kier alpha value is -2.73. The third kappa shape index (κ3) is 3.20. The standard InChI is InChI=1S/C20H22N4O2/c1-2-24-12-16(11-22-24)20(26)23-19(14-8-17(25)9-14)15-7-13-5-3-4-6-18(13)21-10-15/h3-7,10-12,14,17,19,25H,2,8-9H2,1H3,(H,23,26)/t14?,17?,19-/m0/s1. The fourth-order valence-electron chi connectivity index (χ4n) is 3.51. The van der Waals surface area contributed by atoms with Gasteiger partial charge in [0.15, 0.2) is 0 Å². The number of fused-ring (bicyclic) bond motifs is 1. The molecule has 1 fully saturated rings. The van der Waals surface area contributed by atoms with Crippen LogP contribution in [0.2, 0.25) is 0 Å². The van der Waals surface area contributed by atoms with E-state index >= 15 is 0 Å². The van der Waals surface area contributed by atoms with E-state index in [-0.39, 0.29) is 24.0 Å². The van der Waals surface area contributed by atoms with Crippen LogP contribution in [0.1, 0.15) is 41.7 Å². The van der Waals surface area contributed by atoms with Crippen molar-refractivity contribution in [3.05, 3.63) is 60.0 Å². The number of aliphatic hydroxyl groups is 1. The summed E-state index contributed by atoms with van der Waals surface area (Å²) < 4.78 is 1.73. The minimum Gasteiger partial charge on any atom is -0.393 e. The highest BCUT2D eigenvalue weighted by Gasteiger charge is 2.36. The number of carbonyl (C=O) groups excluding carboxylic acids is 1. The highest BCUT2D eigenvalue weighted by Crippen LogP contribution is 2.38. The van der Waals surface area contributed by atoms with Crippen molar-refractivity contribution in [1.82, 2.24) is 20.1 Å². The maximum Gasteiger partial charge on any atom is 0.254 e. The van der Waals surface area contributed by atoms with Crippen LogP contribution in [0.5, 0.6) is 0 Å². The van der Waals surface area contributed by atoms with Gasteiger partial charge >= 0.3 is 0 Å². The molecule has 0 aliphatic heterocycles. The van der Waals surface area contributed by atoms with Crippen molar-refractivity contribution in [2.75, 3.05) is 0 Å². The van der Waals surface area contributed by atoms with Crippen LogP contribution in [0, 0.1) is 5.92 Å². The number of carbonyl (C=O) groups is 1. The minimum absolute atomic E-state index is 0.149. The maximum absolute atomic E-state index is 12.7. The van der Waals surface area contributed by atoms with Crippen LogP contribution in [0.15, 0.2) is 48.9 Å². The second kappa shape index (κ2) is 6.88. The van der Waals surface area contributed by atoms with E-state index in [0.29, 0.717) is 18.4 Å². The molecule has 6 nitrogen and oxygen atoms in total. The van der Waals surface area contributed by atoms with Gasteiger partial charge in [-0.25, -0.2) is 0 Å². The lowest BCUT2D eigenvalue weighted by Gasteiger charge is -2.38. The number of para-hydroxylation sites is 1. The van der Waals surface area contributed by atoms with Gasteiger partial charge in [0, 0.05) is 24.3 Å². The highest BCUT2D eigenvalue weighted by atomic mass is 16.3. The molecule has 1 aliphatic carbocycles. The zero-order valence-electron chi connectivity index (χ0n) is 14.7. The molecule has 1 atom stereocenters. The van der Waals surface area contributed by atoms with Gasteiger partial charge in [0.2, 0.25) is 0 Å². The van der Waals surface area contributed by atoms with E-state index < -0.39 is 0 Å². The largest absolute Gasteiger partial charge is 0.393 e. The smallest absolute Gasteiger partial charge is 0.254 e. The van der Waals surface area contributed by atoms with Crippen LogP contribution in [0.3, 0.4) is 0 Å².